The van der Waals surface area contributed by atoms with E-state index in [1.165, 1.54) is 0 Å². The average molecular weight is 482 g/mol. The average Bonchev–Trinajstić information content (AvgIpc) is 3.15. The lowest BCUT2D eigenvalue weighted by atomic mass is 9.76. The molecule has 1 N–H and O–H groups in total. The molecule has 0 radical (unpaired) electrons. The van der Waals surface area contributed by atoms with Crippen LogP contribution >= 0.6 is 0 Å². The van der Waals surface area contributed by atoms with Gasteiger partial charge in [0.1, 0.15) is 0 Å². The Kier molecular flexibility index (Phi) is 8.00. The van der Waals surface area contributed by atoms with Gasteiger partial charge in [-0.1, -0.05) is 26.0 Å². The Balaban J connectivity index is 1.38. The molecule has 2 aliphatic heterocycles. The summed E-state index contributed by atoms with van der Waals surface area (Å²) in [5.41, 5.74) is 3.55. The number of rotatable bonds is 9. The number of carbonyl (C=O) groups excluding carboxylic acids is 3. The number of benzene rings is 1. The van der Waals surface area contributed by atoms with E-state index < -0.39 is 5.97 Å². The molecule has 1 aromatic heterocycles. The van der Waals surface area contributed by atoms with Gasteiger partial charge in [-0.15, -0.1) is 0 Å². The number of fused-ring (bicyclic) bond motifs is 1. The second kappa shape index (κ2) is 11.2. The highest BCUT2D eigenvalue weighted by Crippen LogP contribution is 2.37. The van der Waals surface area contributed by atoms with Crippen LogP contribution < -0.4 is 5.32 Å². The zero-order chi connectivity index (χ0) is 24.8. The Morgan fingerprint density at radius 3 is 2.54 bits per heavy atom. The highest BCUT2D eigenvalue weighted by Gasteiger charge is 2.39. The molecule has 0 bridgehead atoms. The predicted molar refractivity (Wildman–Crippen MR) is 131 cm³/mol. The van der Waals surface area contributed by atoms with E-state index in [2.05, 4.69) is 5.32 Å². The van der Waals surface area contributed by atoms with Crippen LogP contribution in [0.3, 0.4) is 0 Å². The minimum Gasteiger partial charge on any atom is -0.462 e. The number of Topliss-reactive ketones (excluding diaryl/α,β-unsaturated/α-hetero) is 1. The van der Waals surface area contributed by atoms with Crippen molar-refractivity contribution in [1.82, 2.24) is 15.1 Å². The Morgan fingerprint density at radius 2 is 1.86 bits per heavy atom. The second-order valence-corrected chi connectivity index (χ2v) is 9.56. The molecule has 1 amide bonds. The van der Waals surface area contributed by atoms with Gasteiger partial charge >= 0.3 is 5.97 Å². The quantitative estimate of drug-likeness (QED) is 0.333. The lowest BCUT2D eigenvalue weighted by molar-refractivity contribution is 0.0152. The number of carbonyl (C=O) groups is 3. The summed E-state index contributed by atoms with van der Waals surface area (Å²) in [7, 11) is 0. The molecule has 1 saturated heterocycles. The van der Waals surface area contributed by atoms with E-state index in [0.29, 0.717) is 62.3 Å². The molecule has 3 heterocycles. The molecule has 1 aromatic carbocycles. The van der Waals surface area contributed by atoms with Crippen LogP contribution in [0.1, 0.15) is 88.4 Å². The van der Waals surface area contributed by atoms with Gasteiger partial charge in [0, 0.05) is 44.7 Å². The van der Waals surface area contributed by atoms with Crippen LogP contribution in [0, 0.1) is 5.41 Å². The van der Waals surface area contributed by atoms with Crippen LogP contribution in [0.5, 0.6) is 0 Å². The van der Waals surface area contributed by atoms with E-state index in [-0.39, 0.29) is 23.7 Å². The van der Waals surface area contributed by atoms with Gasteiger partial charge < -0.3 is 14.8 Å². The van der Waals surface area contributed by atoms with E-state index in [4.69, 9.17) is 14.6 Å². The monoisotopic (exact) mass is 481 g/mol. The summed E-state index contributed by atoms with van der Waals surface area (Å²) in [5, 5.41) is 7.88. The summed E-state index contributed by atoms with van der Waals surface area (Å²) in [4.78, 5) is 37.3. The maximum atomic E-state index is 12.9. The molecule has 2 aliphatic rings. The van der Waals surface area contributed by atoms with Crippen LogP contribution in [0.15, 0.2) is 24.3 Å². The number of aryl methyl sites for hydroxylation is 2. The van der Waals surface area contributed by atoms with Crippen LogP contribution in [0.4, 0.5) is 0 Å². The molecule has 2 aromatic rings. The van der Waals surface area contributed by atoms with Crippen molar-refractivity contribution in [3.8, 4) is 0 Å². The smallest absolute Gasteiger partial charge is 0.338 e. The fourth-order valence-corrected chi connectivity index (χ4v) is 4.98. The molecule has 35 heavy (non-hydrogen) atoms. The van der Waals surface area contributed by atoms with Crippen molar-refractivity contribution in [2.45, 2.75) is 65.3 Å². The highest BCUT2D eigenvalue weighted by atomic mass is 16.5. The largest absolute Gasteiger partial charge is 0.462 e. The van der Waals surface area contributed by atoms with Gasteiger partial charge in [-0.3, -0.25) is 14.3 Å². The fourth-order valence-electron chi connectivity index (χ4n) is 4.98. The first-order chi connectivity index (χ1) is 17.0. The van der Waals surface area contributed by atoms with Crippen molar-refractivity contribution in [3.05, 3.63) is 52.3 Å². The van der Waals surface area contributed by atoms with Crippen molar-refractivity contribution in [1.29, 1.82) is 0 Å². The molecular formula is C27H35N3O5. The number of hydrogen-bond donors (Lipinski definition) is 1. The third-order valence-corrected chi connectivity index (χ3v) is 7.08. The van der Waals surface area contributed by atoms with Crippen LogP contribution in [-0.2, 0) is 28.9 Å². The molecule has 1 spiro atoms. The number of ether oxygens (including phenoxy) is 2. The van der Waals surface area contributed by atoms with E-state index >= 15 is 0 Å². The zero-order valence-electron chi connectivity index (χ0n) is 20.7. The van der Waals surface area contributed by atoms with Crippen molar-refractivity contribution in [3.63, 3.8) is 0 Å². The summed E-state index contributed by atoms with van der Waals surface area (Å²) in [5.74, 6) is -0.374. The molecule has 1 fully saturated rings. The molecule has 188 valence electrons. The van der Waals surface area contributed by atoms with Crippen molar-refractivity contribution in [2.24, 2.45) is 5.41 Å². The summed E-state index contributed by atoms with van der Waals surface area (Å²) in [6.07, 6.45) is 5.19. The van der Waals surface area contributed by atoms with Crippen LogP contribution in [0.2, 0.25) is 0 Å². The molecule has 0 unspecified atom stereocenters. The van der Waals surface area contributed by atoms with Gasteiger partial charge in [0.25, 0.3) is 5.91 Å². The maximum absolute atomic E-state index is 12.9. The van der Waals surface area contributed by atoms with Gasteiger partial charge in [0.05, 0.1) is 29.1 Å². The molecular weight excluding hydrogens is 446 g/mol. The van der Waals surface area contributed by atoms with Crippen LogP contribution in [-0.4, -0.2) is 53.8 Å². The summed E-state index contributed by atoms with van der Waals surface area (Å²) >= 11 is 0. The molecule has 8 nitrogen and oxygen atoms in total. The number of esters is 1. The number of nitrogens with zero attached hydrogens (tertiary/aromatic N) is 2. The van der Waals surface area contributed by atoms with Crippen molar-refractivity contribution in [2.75, 3.05) is 26.4 Å². The van der Waals surface area contributed by atoms with Gasteiger partial charge in [0.2, 0.25) is 0 Å². The van der Waals surface area contributed by atoms with Gasteiger partial charge in [-0.25, -0.2) is 4.79 Å². The molecule has 8 heteroatoms. The Bertz CT molecular complexity index is 1070. The molecule has 4 rings (SSSR count). The predicted octanol–water partition coefficient (Wildman–Crippen LogP) is 3.76. The van der Waals surface area contributed by atoms with E-state index in [0.717, 1.165) is 37.1 Å². The lowest BCUT2D eigenvalue weighted by Crippen LogP contribution is -2.40. The highest BCUT2D eigenvalue weighted by molar-refractivity contribution is 5.98. The molecule has 0 atom stereocenters. The Labute approximate surface area is 206 Å². The SMILES string of the molecule is CCCC(=O)c1ccc(C(=O)OCCCn2nc(CC)c3c2CC2(CCOCC2)CNC3=O)cc1. The van der Waals surface area contributed by atoms with E-state index in [1.807, 2.05) is 18.5 Å². The first-order valence-electron chi connectivity index (χ1n) is 12.7. The van der Waals surface area contributed by atoms with E-state index in [1.54, 1.807) is 24.3 Å². The second-order valence-electron chi connectivity index (χ2n) is 9.56. The Hall–Kier alpha value is -3.00. The minimum absolute atomic E-state index is 0.000898. The van der Waals surface area contributed by atoms with Crippen molar-refractivity contribution >= 4 is 17.7 Å². The minimum atomic E-state index is -0.409. The van der Waals surface area contributed by atoms with Crippen LogP contribution in [0.25, 0.3) is 0 Å². The maximum Gasteiger partial charge on any atom is 0.338 e. The molecule has 0 saturated carbocycles. The molecule has 0 aliphatic carbocycles. The van der Waals surface area contributed by atoms with Crippen molar-refractivity contribution < 1.29 is 23.9 Å². The Morgan fingerprint density at radius 1 is 1.14 bits per heavy atom. The first-order valence-corrected chi connectivity index (χ1v) is 12.7. The summed E-state index contributed by atoms with van der Waals surface area (Å²) < 4.78 is 13.0. The van der Waals surface area contributed by atoms with Gasteiger partial charge in [0.15, 0.2) is 5.78 Å². The van der Waals surface area contributed by atoms with E-state index in [9.17, 15) is 14.4 Å². The third-order valence-electron chi connectivity index (χ3n) is 7.08. The zero-order valence-corrected chi connectivity index (χ0v) is 20.7. The summed E-state index contributed by atoms with van der Waals surface area (Å²) in [6.45, 7) is 6.88. The van der Waals surface area contributed by atoms with Gasteiger partial charge in [-0.05, 0) is 49.7 Å². The topological polar surface area (TPSA) is 99.5 Å². The number of aromatic nitrogens is 2. The van der Waals surface area contributed by atoms with Gasteiger partial charge in [-0.2, -0.15) is 5.10 Å². The third kappa shape index (κ3) is 5.64. The normalized spacial score (nSPS) is 16.9. The standard InChI is InChI=1S/C27H35N3O5/c1-3-6-23(31)19-7-9-20(10-8-19)26(33)35-14-5-13-30-22-17-27(11-15-34-16-12-27)18-28-25(32)24(22)21(4-2)29-30/h7-10H,3-6,11-18H2,1-2H3,(H,28,32). The lowest BCUT2D eigenvalue weighted by Gasteiger charge is -2.36. The number of amides is 1. The number of ketones is 1. The number of nitrogens with one attached hydrogen (secondary N) is 1. The first kappa shape index (κ1) is 25.1. The summed E-state index contributed by atoms with van der Waals surface area (Å²) in [6, 6.07) is 6.63. The number of hydrogen-bond acceptors (Lipinski definition) is 6. The fraction of sp³-hybridized carbons (Fsp3) is 0.556.